The van der Waals surface area contributed by atoms with Gasteiger partial charge in [0.2, 0.25) is 26.0 Å². The minimum absolute atomic E-state index is 0.0910. The Balaban J connectivity index is 2.04. The first-order valence-corrected chi connectivity index (χ1v) is 12.3. The third kappa shape index (κ3) is 6.17. The van der Waals surface area contributed by atoms with E-state index in [2.05, 4.69) is 10.0 Å². The van der Waals surface area contributed by atoms with Crippen molar-refractivity contribution in [2.45, 2.75) is 29.3 Å². The van der Waals surface area contributed by atoms with Crippen LogP contribution in [-0.2, 0) is 31.4 Å². The lowest BCUT2D eigenvalue weighted by Crippen LogP contribution is -2.44. The van der Waals surface area contributed by atoms with Crippen molar-refractivity contribution in [1.29, 1.82) is 0 Å². The molecule has 2 N–H and O–H groups in total. The molecule has 0 heterocycles. The van der Waals surface area contributed by atoms with Crippen molar-refractivity contribution in [2.75, 3.05) is 21.2 Å². The third-order valence-electron chi connectivity index (χ3n) is 4.31. The van der Waals surface area contributed by atoms with Crippen LogP contribution in [-0.4, -0.2) is 54.3 Å². The number of ether oxygens (including phenoxy) is 1. The normalized spacial score (nSPS) is 13.1. The van der Waals surface area contributed by atoms with Gasteiger partial charge in [0.15, 0.2) is 0 Å². The van der Waals surface area contributed by atoms with Crippen LogP contribution in [0.1, 0.15) is 12.5 Å². The fourth-order valence-electron chi connectivity index (χ4n) is 2.54. The number of methoxy groups -OCH3 is 1. The van der Waals surface area contributed by atoms with Gasteiger partial charge in [-0.2, -0.15) is 4.72 Å². The second-order valence-corrected chi connectivity index (χ2v) is 11.1. The quantitative estimate of drug-likeness (QED) is 0.551. The summed E-state index contributed by atoms with van der Waals surface area (Å²) in [6.07, 6.45) is 0. The Hall–Kier alpha value is -2.18. The minimum Gasteiger partial charge on any atom is -0.495 e. The number of hydrogen-bond acceptors (Lipinski definition) is 6. The van der Waals surface area contributed by atoms with Crippen LogP contribution in [0.3, 0.4) is 0 Å². The molecule has 0 saturated carbocycles. The summed E-state index contributed by atoms with van der Waals surface area (Å²) in [4.78, 5) is 12.3. The number of carbonyl (C=O) groups excluding carboxylic acids is 1. The Labute approximate surface area is 187 Å². The molecule has 9 nitrogen and oxygen atoms in total. The first-order valence-electron chi connectivity index (χ1n) is 9.03. The lowest BCUT2D eigenvalue weighted by Gasteiger charge is -2.16. The van der Waals surface area contributed by atoms with Crippen molar-refractivity contribution in [3.63, 3.8) is 0 Å². The van der Waals surface area contributed by atoms with Gasteiger partial charge in [-0.15, -0.1) is 0 Å². The molecule has 0 spiro atoms. The fourth-order valence-corrected chi connectivity index (χ4v) is 5.08. The van der Waals surface area contributed by atoms with E-state index in [1.807, 2.05) is 0 Å². The molecule has 0 bridgehead atoms. The monoisotopic (exact) mass is 489 g/mol. The van der Waals surface area contributed by atoms with Crippen molar-refractivity contribution in [3.8, 4) is 5.75 Å². The van der Waals surface area contributed by atoms with Crippen molar-refractivity contribution < 1.29 is 26.4 Å². The Morgan fingerprint density at radius 2 is 1.71 bits per heavy atom. The molecular formula is C19H24ClN3O6S2. The molecule has 0 aliphatic carbocycles. The molecule has 1 amide bonds. The molecule has 170 valence electrons. The second-order valence-electron chi connectivity index (χ2n) is 6.79. The van der Waals surface area contributed by atoms with Gasteiger partial charge < -0.3 is 10.1 Å². The maximum Gasteiger partial charge on any atom is 0.245 e. The predicted octanol–water partition coefficient (Wildman–Crippen LogP) is 1.58. The SMILES string of the molecule is COc1ccc(Cl)cc1S(=O)(=O)NC(C)C(=O)NCc1ccc(S(=O)(=O)N(C)C)cc1. The molecule has 0 aromatic heterocycles. The predicted molar refractivity (Wildman–Crippen MR) is 117 cm³/mol. The maximum atomic E-state index is 12.6. The average molecular weight is 490 g/mol. The molecule has 0 radical (unpaired) electrons. The molecule has 1 unspecified atom stereocenters. The number of carbonyl (C=O) groups is 1. The van der Waals surface area contributed by atoms with Crippen molar-refractivity contribution >= 4 is 37.6 Å². The van der Waals surface area contributed by atoms with E-state index in [0.717, 1.165) is 4.31 Å². The summed E-state index contributed by atoms with van der Waals surface area (Å²) in [5, 5.41) is 2.82. The van der Waals surface area contributed by atoms with Gasteiger partial charge in [-0.3, -0.25) is 4.79 Å². The highest BCUT2D eigenvalue weighted by molar-refractivity contribution is 7.89. The highest BCUT2D eigenvalue weighted by Gasteiger charge is 2.25. The molecule has 0 aliphatic heterocycles. The van der Waals surface area contributed by atoms with Gasteiger partial charge in [-0.25, -0.2) is 21.1 Å². The van der Waals surface area contributed by atoms with E-state index < -0.39 is 32.0 Å². The lowest BCUT2D eigenvalue weighted by atomic mass is 10.2. The lowest BCUT2D eigenvalue weighted by molar-refractivity contribution is -0.122. The molecule has 0 aliphatic rings. The van der Waals surface area contributed by atoms with Crippen LogP contribution in [0, 0.1) is 0 Å². The molecule has 2 rings (SSSR count). The van der Waals surface area contributed by atoms with Gasteiger partial charge in [0.25, 0.3) is 0 Å². The molecular weight excluding hydrogens is 466 g/mol. The Bertz CT molecular complexity index is 1150. The van der Waals surface area contributed by atoms with Crippen LogP contribution < -0.4 is 14.8 Å². The summed E-state index contributed by atoms with van der Waals surface area (Å²) in [5.41, 5.74) is 0.651. The number of rotatable bonds is 9. The Morgan fingerprint density at radius 1 is 1.10 bits per heavy atom. The van der Waals surface area contributed by atoms with Crippen LogP contribution in [0.15, 0.2) is 52.3 Å². The van der Waals surface area contributed by atoms with Crippen LogP contribution in [0.2, 0.25) is 5.02 Å². The zero-order valence-electron chi connectivity index (χ0n) is 17.4. The maximum absolute atomic E-state index is 12.6. The standard InChI is InChI=1S/C19H24ClN3O6S2/c1-13(22-30(25,26)18-11-15(20)7-10-17(18)29-4)19(24)21-12-14-5-8-16(9-6-14)31(27,28)23(2)3/h5-11,13,22H,12H2,1-4H3,(H,21,24). The number of nitrogens with one attached hydrogen (secondary N) is 2. The molecule has 0 saturated heterocycles. The smallest absolute Gasteiger partial charge is 0.245 e. The van der Waals surface area contributed by atoms with Crippen LogP contribution >= 0.6 is 11.6 Å². The fraction of sp³-hybridized carbons (Fsp3) is 0.316. The molecule has 2 aromatic carbocycles. The van der Waals surface area contributed by atoms with Gasteiger partial charge in [-0.1, -0.05) is 23.7 Å². The summed E-state index contributed by atoms with van der Waals surface area (Å²) in [5.74, 6) is -0.466. The van der Waals surface area contributed by atoms with E-state index >= 15 is 0 Å². The number of hydrogen-bond donors (Lipinski definition) is 2. The highest BCUT2D eigenvalue weighted by Crippen LogP contribution is 2.27. The summed E-state index contributed by atoms with van der Waals surface area (Å²) >= 11 is 5.89. The Kier molecular flexibility index (Phi) is 8.06. The van der Waals surface area contributed by atoms with Gasteiger partial charge in [0.1, 0.15) is 10.6 Å². The number of amides is 1. The van der Waals surface area contributed by atoms with Gasteiger partial charge in [0, 0.05) is 25.7 Å². The van der Waals surface area contributed by atoms with Crippen molar-refractivity contribution in [1.82, 2.24) is 14.3 Å². The molecule has 12 heteroatoms. The molecule has 2 aromatic rings. The van der Waals surface area contributed by atoms with Crippen LogP contribution in [0.25, 0.3) is 0 Å². The van der Waals surface area contributed by atoms with Gasteiger partial charge in [-0.05, 0) is 42.8 Å². The molecule has 0 fully saturated rings. The van der Waals surface area contributed by atoms with E-state index in [0.29, 0.717) is 5.56 Å². The summed E-state index contributed by atoms with van der Waals surface area (Å²) < 4.78 is 57.9. The van der Waals surface area contributed by atoms with E-state index in [9.17, 15) is 21.6 Å². The number of halogens is 1. The van der Waals surface area contributed by atoms with Crippen LogP contribution in [0.4, 0.5) is 0 Å². The zero-order valence-corrected chi connectivity index (χ0v) is 19.8. The van der Waals surface area contributed by atoms with Gasteiger partial charge >= 0.3 is 0 Å². The largest absolute Gasteiger partial charge is 0.495 e. The number of nitrogens with zero attached hydrogens (tertiary/aromatic N) is 1. The summed E-state index contributed by atoms with van der Waals surface area (Å²) in [6.45, 7) is 1.49. The highest BCUT2D eigenvalue weighted by atomic mass is 35.5. The third-order valence-corrected chi connectivity index (χ3v) is 7.94. The van der Waals surface area contributed by atoms with E-state index in [1.54, 1.807) is 12.1 Å². The molecule has 31 heavy (non-hydrogen) atoms. The van der Waals surface area contributed by atoms with Gasteiger partial charge in [0.05, 0.1) is 18.0 Å². The average Bonchev–Trinajstić information content (AvgIpc) is 2.71. The van der Waals surface area contributed by atoms with E-state index in [-0.39, 0.29) is 27.1 Å². The zero-order chi connectivity index (χ0) is 23.4. The van der Waals surface area contributed by atoms with Crippen LogP contribution in [0.5, 0.6) is 5.75 Å². The number of sulfonamides is 2. The van der Waals surface area contributed by atoms with E-state index in [1.165, 1.54) is 58.5 Å². The number of benzene rings is 2. The molecule has 1 atom stereocenters. The first-order chi connectivity index (χ1) is 14.4. The van der Waals surface area contributed by atoms with E-state index in [4.69, 9.17) is 16.3 Å². The topological polar surface area (TPSA) is 122 Å². The Morgan fingerprint density at radius 3 is 2.26 bits per heavy atom. The summed E-state index contributed by atoms with van der Waals surface area (Å²) in [7, 11) is -3.42. The van der Waals surface area contributed by atoms with Crippen molar-refractivity contribution in [3.05, 3.63) is 53.1 Å². The minimum atomic E-state index is -4.07. The van der Waals surface area contributed by atoms with Crippen molar-refractivity contribution in [2.24, 2.45) is 0 Å². The first kappa shape index (κ1) is 25.1. The summed E-state index contributed by atoms with van der Waals surface area (Å²) in [6, 6.07) is 9.08. The second kappa shape index (κ2) is 9.96.